The minimum Gasteiger partial charge on any atom is -0.393 e. The Hall–Kier alpha value is -6.40. The van der Waals surface area contributed by atoms with E-state index in [-0.39, 0.29) is 32.3 Å². The van der Waals surface area contributed by atoms with Gasteiger partial charge < -0.3 is 14.2 Å². The Morgan fingerprint density at radius 2 is 0.967 bits per heavy atom. The van der Waals surface area contributed by atoms with E-state index in [4.69, 9.17) is 5.11 Å². The van der Waals surface area contributed by atoms with E-state index in [1.165, 1.54) is 83.1 Å². The molecular weight excluding hydrogens is 945 g/mol. The summed E-state index contributed by atoms with van der Waals surface area (Å²) >= 11 is 1.76. The monoisotopic (exact) mass is 987 g/mol. The average molecular weight is 987 g/mol. The molecule has 0 spiro atoms. The molecule has 0 saturated heterocycles. The van der Waals surface area contributed by atoms with Crippen molar-refractivity contribution in [3.63, 3.8) is 0 Å². The number of para-hydroxylation sites is 4. The molecule has 0 bridgehead atoms. The Morgan fingerprint density at radius 3 is 1.34 bits per heavy atom. The molecule has 1 atom stereocenters. The van der Waals surface area contributed by atoms with Gasteiger partial charge >= 0.3 is 0 Å². The van der Waals surface area contributed by atoms with Crippen LogP contribution in [0, 0.1) is 12.1 Å². The van der Waals surface area contributed by atoms with Crippen molar-refractivity contribution in [2.24, 2.45) is 0 Å². The first-order chi connectivity index (χ1) is 29.4. The van der Waals surface area contributed by atoms with Gasteiger partial charge in [-0.05, 0) is 73.5 Å². The van der Waals surface area contributed by atoms with Gasteiger partial charge in [-0.25, -0.2) is 5.56 Å². The zero-order valence-corrected chi connectivity index (χ0v) is 37.0. The molecular formula is C55H42IrN2O2S-2. The Morgan fingerprint density at radius 1 is 0.557 bits per heavy atom. The number of hydrogen-bond acceptors (Lipinski definition) is 3. The molecule has 11 rings (SSSR count). The van der Waals surface area contributed by atoms with Crippen LogP contribution in [0.5, 0.6) is 0 Å². The van der Waals surface area contributed by atoms with Crippen LogP contribution in [-0.4, -0.2) is 26.1 Å². The van der Waals surface area contributed by atoms with E-state index in [2.05, 4.69) is 191 Å². The zero-order valence-electron chi connectivity index (χ0n) is 33.8. The molecule has 1 unspecified atom stereocenters. The van der Waals surface area contributed by atoms with E-state index in [0.29, 0.717) is 0 Å². The number of ketones is 1. The summed E-state index contributed by atoms with van der Waals surface area (Å²) in [5.41, 5.74) is 10.8. The number of aromatic nitrogens is 2. The van der Waals surface area contributed by atoms with Gasteiger partial charge in [0.2, 0.25) is 0 Å². The number of aliphatic hydroxyl groups excluding tert-OH is 1. The third-order valence-electron chi connectivity index (χ3n) is 10.6. The average Bonchev–Trinajstić information content (AvgIpc) is 3.98. The normalized spacial score (nSPS) is 11.5. The quantitative estimate of drug-likeness (QED) is 0.169. The van der Waals surface area contributed by atoms with Gasteiger partial charge in [-0.1, -0.05) is 114 Å². The summed E-state index contributed by atoms with van der Waals surface area (Å²) in [6.07, 6.45) is -0.197. The van der Waals surface area contributed by atoms with Gasteiger partial charge in [0, 0.05) is 59.4 Å². The number of aliphatic hydroxyl groups is 1. The molecule has 11 aromatic rings. The molecule has 0 aliphatic carbocycles. The third-order valence-corrected chi connectivity index (χ3v) is 11.7. The fourth-order valence-corrected chi connectivity index (χ4v) is 8.99. The largest absolute Gasteiger partial charge is 0.393 e. The second-order valence-corrected chi connectivity index (χ2v) is 16.0. The zero-order chi connectivity index (χ0) is 41.0. The Balaban J connectivity index is 0.000000184. The Labute approximate surface area is 373 Å². The Bertz CT molecular complexity index is 2940. The fraction of sp³-hybridized carbons (Fsp3) is 0.0727. The van der Waals surface area contributed by atoms with Gasteiger partial charge in [-0.2, -0.15) is 30.3 Å². The van der Waals surface area contributed by atoms with Crippen LogP contribution in [0.25, 0.3) is 86.6 Å². The molecule has 0 aliphatic heterocycles. The molecule has 0 amide bonds. The number of hydrogen-bond donors (Lipinski definition) is 1. The Kier molecular flexibility index (Phi) is 12.5. The second kappa shape index (κ2) is 18.5. The van der Waals surface area contributed by atoms with Gasteiger partial charge in [-0.3, -0.25) is 16.1 Å². The van der Waals surface area contributed by atoms with E-state index in [0.717, 1.165) is 10.4 Å². The molecule has 8 aromatic carbocycles. The van der Waals surface area contributed by atoms with Crippen molar-refractivity contribution < 1.29 is 30.0 Å². The van der Waals surface area contributed by atoms with E-state index < -0.39 is 6.10 Å². The first-order valence-electron chi connectivity index (χ1n) is 20.2. The SMILES string of the molecule is CC(=O)CC(C)O.[Ir].[c-]1ccccc1-c1[c-]c2ccccc2s1.c1ccc2c(c1)c1ccccc1n2-c1ccc(-c2ccc(-n3c4ccccc4c4ccccc43)cc2)cc1. The van der Waals surface area contributed by atoms with Gasteiger partial charge in [-0.15, -0.1) is 28.5 Å². The van der Waals surface area contributed by atoms with Crippen LogP contribution in [0.15, 0.2) is 194 Å². The summed E-state index contributed by atoms with van der Waals surface area (Å²) in [5, 5.41) is 14.8. The number of thiophene rings is 1. The summed E-state index contributed by atoms with van der Waals surface area (Å²) in [6, 6.07) is 75.4. The van der Waals surface area contributed by atoms with Crippen LogP contribution < -0.4 is 0 Å². The van der Waals surface area contributed by atoms with E-state index in [9.17, 15) is 4.79 Å². The third kappa shape index (κ3) is 8.63. The van der Waals surface area contributed by atoms with Gasteiger partial charge in [0.15, 0.2) is 0 Å². The summed E-state index contributed by atoms with van der Waals surface area (Å²) in [6.45, 7) is 3.06. The van der Waals surface area contributed by atoms with Crippen LogP contribution >= 0.6 is 11.3 Å². The van der Waals surface area contributed by atoms with Crippen molar-refractivity contribution in [1.82, 2.24) is 9.13 Å². The van der Waals surface area contributed by atoms with Crippen LogP contribution in [0.1, 0.15) is 20.3 Å². The smallest absolute Gasteiger partial charge is 0.132 e. The number of nitrogens with zero attached hydrogens (tertiary/aromatic N) is 2. The molecule has 3 aromatic heterocycles. The number of benzene rings is 8. The number of rotatable bonds is 6. The van der Waals surface area contributed by atoms with E-state index in [1.54, 1.807) is 18.3 Å². The number of carbonyl (C=O) groups is 1. The second-order valence-electron chi connectivity index (χ2n) is 14.9. The predicted octanol–water partition coefficient (Wildman–Crippen LogP) is 14.1. The summed E-state index contributed by atoms with van der Waals surface area (Å²) in [4.78, 5) is 11.3. The van der Waals surface area contributed by atoms with Crippen molar-refractivity contribution in [2.45, 2.75) is 26.4 Å². The summed E-state index contributed by atoms with van der Waals surface area (Å²) in [5.74, 6) is 0.0370. The molecule has 4 nitrogen and oxygen atoms in total. The molecule has 6 heteroatoms. The van der Waals surface area contributed by atoms with Crippen molar-refractivity contribution in [2.75, 3.05) is 0 Å². The van der Waals surface area contributed by atoms with Gasteiger partial charge in [0.05, 0.1) is 28.2 Å². The maximum absolute atomic E-state index is 10.1. The maximum Gasteiger partial charge on any atom is 0.132 e. The maximum atomic E-state index is 10.1. The fourth-order valence-electron chi connectivity index (χ4n) is 8.00. The predicted molar refractivity (Wildman–Crippen MR) is 252 cm³/mol. The number of Topliss-reactive ketones (excluding diaryl/α,β-unsaturated/α-hetero) is 1. The van der Waals surface area contributed by atoms with E-state index >= 15 is 0 Å². The first-order valence-corrected chi connectivity index (χ1v) is 21.0. The van der Waals surface area contributed by atoms with Crippen LogP contribution in [0.4, 0.5) is 0 Å². The van der Waals surface area contributed by atoms with Crippen molar-refractivity contribution in [3.8, 4) is 32.9 Å². The van der Waals surface area contributed by atoms with Crippen LogP contribution in [-0.2, 0) is 24.9 Å². The van der Waals surface area contributed by atoms with Gasteiger partial charge in [0.1, 0.15) is 5.78 Å². The molecule has 301 valence electrons. The van der Waals surface area contributed by atoms with Gasteiger partial charge in [0.25, 0.3) is 0 Å². The molecule has 0 aliphatic rings. The van der Waals surface area contributed by atoms with Crippen LogP contribution in [0.2, 0.25) is 0 Å². The van der Waals surface area contributed by atoms with Crippen molar-refractivity contribution in [3.05, 3.63) is 206 Å². The minimum absolute atomic E-state index is 0. The summed E-state index contributed by atoms with van der Waals surface area (Å²) in [7, 11) is 0. The summed E-state index contributed by atoms with van der Waals surface area (Å²) < 4.78 is 6.00. The molecule has 61 heavy (non-hydrogen) atoms. The van der Waals surface area contributed by atoms with Crippen molar-refractivity contribution >= 4 is 70.8 Å². The number of fused-ring (bicyclic) bond motifs is 7. The van der Waals surface area contributed by atoms with Crippen LogP contribution in [0.3, 0.4) is 0 Å². The minimum atomic E-state index is -0.475. The standard InChI is InChI=1S/C36H24N2.C14H8S.C5H10O2.Ir/c1-5-13-33-29(9-1)30-10-2-6-14-34(30)37(33)27-21-17-25(18-22-27)26-19-23-28(24-20-26)38-35-15-7-3-11-31(35)32-12-4-8-16-36(32)38;1-2-6-11(7-3-1)14-10-12-8-4-5-9-13(12)15-14;1-4(6)3-5(2)7;/h1-24H;1-6,8-9H;4,6H,3H2,1-2H3;/q;-2;;. The molecule has 1 N–H and O–H groups in total. The number of carbonyl (C=O) groups excluding carboxylic acids is 1. The molecule has 0 saturated carbocycles. The topological polar surface area (TPSA) is 47.2 Å². The van der Waals surface area contributed by atoms with Crippen molar-refractivity contribution in [1.29, 1.82) is 0 Å². The molecule has 0 fully saturated rings. The molecule has 1 radical (unpaired) electrons. The molecule has 3 heterocycles. The first kappa shape index (κ1) is 41.3. The van der Waals surface area contributed by atoms with E-state index in [1.807, 2.05) is 24.3 Å².